The molecule has 3 amide bonds. The molecule has 5 aliphatic rings. The van der Waals surface area contributed by atoms with Crippen molar-refractivity contribution in [1.29, 1.82) is 0 Å². The Hall–Kier alpha value is -1.14. The lowest BCUT2D eigenvalue weighted by Crippen LogP contribution is -2.62. The van der Waals surface area contributed by atoms with Gasteiger partial charge in [0.2, 0.25) is 5.91 Å². The van der Waals surface area contributed by atoms with Gasteiger partial charge in [-0.25, -0.2) is 4.79 Å². The van der Waals surface area contributed by atoms with Gasteiger partial charge in [-0.05, 0) is 70.1 Å². The van der Waals surface area contributed by atoms with Gasteiger partial charge in [0.1, 0.15) is 0 Å². The van der Waals surface area contributed by atoms with E-state index in [9.17, 15) is 9.59 Å². The van der Waals surface area contributed by atoms with Gasteiger partial charge in [0, 0.05) is 18.6 Å². The highest BCUT2D eigenvalue weighted by Gasteiger charge is 2.51. The van der Waals surface area contributed by atoms with Gasteiger partial charge in [0.25, 0.3) is 0 Å². The van der Waals surface area contributed by atoms with Gasteiger partial charge in [0.15, 0.2) is 0 Å². The SMILES string of the molecule is CC1CN(C(C)C(=O)NC(=O)NC23CC4CC(CC(C4)C2)C3)CCO1. The molecule has 140 valence electrons. The lowest BCUT2D eigenvalue weighted by atomic mass is 9.53. The van der Waals surface area contributed by atoms with Crippen LogP contribution in [0, 0.1) is 17.8 Å². The Morgan fingerprint density at radius 3 is 2.28 bits per heavy atom. The highest BCUT2D eigenvalue weighted by molar-refractivity contribution is 5.97. The summed E-state index contributed by atoms with van der Waals surface area (Å²) in [6.07, 6.45) is 7.44. The Labute approximate surface area is 150 Å². The average Bonchev–Trinajstić information content (AvgIpc) is 2.52. The molecule has 4 saturated carbocycles. The Bertz CT molecular complexity index is 515. The maximum atomic E-state index is 12.5. The number of ether oxygens (including phenoxy) is 1. The minimum absolute atomic E-state index is 0.0597. The summed E-state index contributed by atoms with van der Waals surface area (Å²) in [5, 5.41) is 5.80. The number of rotatable bonds is 3. The van der Waals surface area contributed by atoms with Crippen molar-refractivity contribution >= 4 is 11.9 Å². The molecule has 25 heavy (non-hydrogen) atoms. The average molecular weight is 349 g/mol. The third-order valence-electron chi connectivity index (χ3n) is 6.85. The van der Waals surface area contributed by atoms with Crippen LogP contribution >= 0.6 is 0 Å². The van der Waals surface area contributed by atoms with Gasteiger partial charge in [-0.2, -0.15) is 0 Å². The molecule has 0 aromatic carbocycles. The van der Waals surface area contributed by atoms with E-state index in [4.69, 9.17) is 4.74 Å². The van der Waals surface area contributed by atoms with Crippen LogP contribution in [0.25, 0.3) is 0 Å². The standard InChI is InChI=1S/C19H31N3O3/c1-12-11-22(3-4-25-12)13(2)17(23)20-18(24)21-19-8-14-5-15(9-19)7-16(6-14)10-19/h12-16H,3-11H2,1-2H3,(H2,20,21,23,24). The Morgan fingerprint density at radius 1 is 1.12 bits per heavy atom. The first-order chi connectivity index (χ1) is 11.9. The maximum absolute atomic E-state index is 12.5. The van der Waals surface area contributed by atoms with Crippen molar-refractivity contribution in [2.75, 3.05) is 19.7 Å². The van der Waals surface area contributed by atoms with Crippen LogP contribution in [0.5, 0.6) is 0 Å². The molecule has 2 N–H and O–H groups in total. The molecule has 2 unspecified atom stereocenters. The Morgan fingerprint density at radius 2 is 1.72 bits per heavy atom. The molecule has 4 bridgehead atoms. The van der Waals surface area contributed by atoms with Crippen LogP contribution in [-0.4, -0.2) is 54.2 Å². The number of morpholine rings is 1. The molecule has 2 atom stereocenters. The zero-order chi connectivity index (χ0) is 17.6. The highest BCUT2D eigenvalue weighted by Crippen LogP contribution is 2.55. The molecule has 4 aliphatic carbocycles. The smallest absolute Gasteiger partial charge is 0.321 e. The third kappa shape index (κ3) is 3.56. The predicted molar refractivity (Wildman–Crippen MR) is 94.0 cm³/mol. The van der Waals surface area contributed by atoms with Crippen LogP contribution in [-0.2, 0) is 9.53 Å². The molecule has 6 heteroatoms. The van der Waals surface area contributed by atoms with Gasteiger partial charge in [-0.15, -0.1) is 0 Å². The van der Waals surface area contributed by atoms with Crippen LogP contribution in [0.1, 0.15) is 52.4 Å². The van der Waals surface area contributed by atoms with Gasteiger partial charge in [-0.3, -0.25) is 15.0 Å². The van der Waals surface area contributed by atoms with E-state index >= 15 is 0 Å². The number of nitrogens with one attached hydrogen (secondary N) is 2. The second kappa shape index (κ2) is 6.54. The zero-order valence-corrected chi connectivity index (χ0v) is 15.4. The largest absolute Gasteiger partial charge is 0.376 e. The van der Waals surface area contributed by atoms with Crippen molar-refractivity contribution in [3.63, 3.8) is 0 Å². The van der Waals surface area contributed by atoms with Crippen LogP contribution in [0.2, 0.25) is 0 Å². The van der Waals surface area contributed by atoms with E-state index in [1.54, 1.807) is 0 Å². The predicted octanol–water partition coefficient (Wildman–Crippen LogP) is 1.89. The van der Waals surface area contributed by atoms with Crippen LogP contribution < -0.4 is 10.6 Å². The molecule has 5 fully saturated rings. The molecule has 0 aromatic rings. The van der Waals surface area contributed by atoms with Gasteiger partial charge >= 0.3 is 6.03 Å². The molecule has 6 nitrogen and oxygen atoms in total. The number of hydrogen-bond donors (Lipinski definition) is 2. The fraction of sp³-hybridized carbons (Fsp3) is 0.895. The fourth-order valence-corrected chi connectivity index (χ4v) is 6.12. The van der Waals surface area contributed by atoms with E-state index in [-0.39, 0.29) is 29.6 Å². The lowest BCUT2D eigenvalue weighted by molar-refractivity contribution is -0.127. The first kappa shape index (κ1) is 17.3. The summed E-state index contributed by atoms with van der Waals surface area (Å²) in [6.45, 7) is 5.97. The van der Waals surface area contributed by atoms with Crippen LogP contribution in [0.15, 0.2) is 0 Å². The summed E-state index contributed by atoms with van der Waals surface area (Å²) in [5.74, 6) is 2.11. The minimum atomic E-state index is -0.312. The molecule has 1 aliphatic heterocycles. The fourth-order valence-electron chi connectivity index (χ4n) is 6.12. The normalized spacial score (nSPS) is 41.4. The van der Waals surface area contributed by atoms with Crippen molar-refractivity contribution in [2.45, 2.75) is 70.1 Å². The van der Waals surface area contributed by atoms with E-state index in [0.717, 1.165) is 50.1 Å². The van der Waals surface area contributed by atoms with E-state index in [0.29, 0.717) is 6.61 Å². The Kier molecular flexibility index (Phi) is 4.52. The second-order valence-electron chi connectivity index (χ2n) is 8.99. The summed E-state index contributed by atoms with van der Waals surface area (Å²) in [6, 6.07) is -0.617. The molecule has 0 spiro atoms. The highest BCUT2D eigenvalue weighted by atomic mass is 16.5. The number of carbonyl (C=O) groups excluding carboxylic acids is 2. The molecule has 0 aromatic heterocycles. The molecule has 1 saturated heterocycles. The minimum Gasteiger partial charge on any atom is -0.376 e. The zero-order valence-electron chi connectivity index (χ0n) is 15.4. The summed E-state index contributed by atoms with van der Waals surface area (Å²) >= 11 is 0. The summed E-state index contributed by atoms with van der Waals surface area (Å²) in [4.78, 5) is 27.1. The van der Waals surface area contributed by atoms with E-state index in [2.05, 4.69) is 15.5 Å². The number of amides is 3. The second-order valence-corrected chi connectivity index (χ2v) is 8.99. The first-order valence-corrected chi connectivity index (χ1v) is 9.91. The third-order valence-corrected chi connectivity index (χ3v) is 6.85. The van der Waals surface area contributed by atoms with E-state index in [1.807, 2.05) is 13.8 Å². The molecule has 0 radical (unpaired) electrons. The van der Waals surface area contributed by atoms with E-state index in [1.165, 1.54) is 19.3 Å². The monoisotopic (exact) mass is 349 g/mol. The molecule has 5 rings (SSSR count). The van der Waals surface area contributed by atoms with Crippen molar-refractivity contribution in [2.24, 2.45) is 17.8 Å². The van der Waals surface area contributed by atoms with Crippen LogP contribution in [0.4, 0.5) is 4.79 Å². The quantitative estimate of drug-likeness (QED) is 0.816. The van der Waals surface area contributed by atoms with Crippen molar-refractivity contribution in [3.8, 4) is 0 Å². The summed E-state index contributed by atoms with van der Waals surface area (Å²) in [7, 11) is 0. The number of nitrogens with zero attached hydrogens (tertiary/aromatic N) is 1. The van der Waals surface area contributed by atoms with Crippen molar-refractivity contribution in [3.05, 3.63) is 0 Å². The molecular formula is C19H31N3O3. The van der Waals surface area contributed by atoms with Gasteiger partial charge < -0.3 is 10.1 Å². The lowest BCUT2D eigenvalue weighted by Gasteiger charge is -2.56. The Balaban J connectivity index is 1.32. The van der Waals surface area contributed by atoms with Gasteiger partial charge in [-0.1, -0.05) is 0 Å². The number of carbonyl (C=O) groups is 2. The van der Waals surface area contributed by atoms with Crippen LogP contribution in [0.3, 0.4) is 0 Å². The van der Waals surface area contributed by atoms with E-state index < -0.39 is 0 Å². The van der Waals surface area contributed by atoms with Crippen molar-refractivity contribution < 1.29 is 14.3 Å². The summed E-state index contributed by atoms with van der Waals surface area (Å²) < 4.78 is 5.53. The van der Waals surface area contributed by atoms with Gasteiger partial charge in [0.05, 0.1) is 18.8 Å². The number of hydrogen-bond acceptors (Lipinski definition) is 4. The molecule has 1 heterocycles. The first-order valence-electron chi connectivity index (χ1n) is 9.91. The molecular weight excluding hydrogens is 318 g/mol. The van der Waals surface area contributed by atoms with Crippen molar-refractivity contribution in [1.82, 2.24) is 15.5 Å². The number of urea groups is 1. The summed E-state index contributed by atoms with van der Waals surface area (Å²) in [5.41, 5.74) is -0.0597. The maximum Gasteiger partial charge on any atom is 0.321 e. The topological polar surface area (TPSA) is 70.7 Å². The number of imide groups is 1.